The van der Waals surface area contributed by atoms with E-state index in [0.29, 0.717) is 5.92 Å². The zero-order valence-electron chi connectivity index (χ0n) is 13.3. The van der Waals surface area contributed by atoms with Crippen molar-refractivity contribution in [3.8, 4) is 33.8 Å². The average molecular weight is 304 g/mol. The van der Waals surface area contributed by atoms with Crippen LogP contribution >= 0.6 is 0 Å². The summed E-state index contributed by atoms with van der Waals surface area (Å²) in [5.74, 6) is 0.971. The predicted octanol–water partition coefficient (Wildman–Crippen LogP) is 5.56. The van der Waals surface area contributed by atoms with Gasteiger partial charge >= 0.3 is 0 Å². The van der Waals surface area contributed by atoms with Crippen molar-refractivity contribution in [1.82, 2.24) is 0 Å². The first-order chi connectivity index (χ1) is 11.0. The smallest absolute Gasteiger partial charge is 0.115 e. The molecule has 0 saturated carbocycles. The molecule has 3 aromatic carbocycles. The molecular formula is C21H20O2. The third-order valence-corrected chi connectivity index (χ3v) is 4.07. The van der Waals surface area contributed by atoms with E-state index in [9.17, 15) is 10.2 Å². The number of benzene rings is 3. The van der Waals surface area contributed by atoms with E-state index >= 15 is 0 Å². The maximum Gasteiger partial charge on any atom is 0.115 e. The molecule has 0 aliphatic heterocycles. The summed E-state index contributed by atoms with van der Waals surface area (Å²) in [5.41, 5.74) is 5.63. The summed E-state index contributed by atoms with van der Waals surface area (Å²) in [6, 6.07) is 21.0. The summed E-state index contributed by atoms with van der Waals surface area (Å²) < 4.78 is 0. The fraction of sp³-hybridized carbons (Fsp3) is 0.143. The van der Waals surface area contributed by atoms with Gasteiger partial charge in [-0.1, -0.05) is 56.3 Å². The number of hydrogen-bond acceptors (Lipinski definition) is 2. The van der Waals surface area contributed by atoms with E-state index in [2.05, 4.69) is 32.0 Å². The fourth-order valence-electron chi connectivity index (χ4n) is 2.69. The standard InChI is InChI=1S/C21H20O2/c1-14(2)17-7-12-20(15-3-8-18(22)9-4-15)21(13-17)16-5-10-19(23)11-6-16/h3-14,22-23H,1-2H3. The fourth-order valence-corrected chi connectivity index (χ4v) is 2.69. The second-order valence-electron chi connectivity index (χ2n) is 6.05. The lowest BCUT2D eigenvalue weighted by atomic mass is 9.90. The summed E-state index contributed by atoms with van der Waals surface area (Å²) in [5, 5.41) is 19.0. The largest absolute Gasteiger partial charge is 0.508 e. The topological polar surface area (TPSA) is 40.5 Å². The quantitative estimate of drug-likeness (QED) is 0.665. The van der Waals surface area contributed by atoms with E-state index in [1.54, 1.807) is 24.3 Å². The van der Waals surface area contributed by atoms with Crippen LogP contribution in [0.1, 0.15) is 25.3 Å². The highest BCUT2D eigenvalue weighted by Gasteiger charge is 2.10. The summed E-state index contributed by atoms with van der Waals surface area (Å²) in [7, 11) is 0. The molecule has 116 valence electrons. The van der Waals surface area contributed by atoms with Crippen molar-refractivity contribution in [2.45, 2.75) is 19.8 Å². The third-order valence-electron chi connectivity index (χ3n) is 4.07. The van der Waals surface area contributed by atoms with Gasteiger partial charge in [-0.25, -0.2) is 0 Å². The number of phenols is 2. The van der Waals surface area contributed by atoms with Gasteiger partial charge < -0.3 is 10.2 Å². The molecule has 0 unspecified atom stereocenters. The minimum Gasteiger partial charge on any atom is -0.508 e. The Morgan fingerprint density at radius 1 is 0.609 bits per heavy atom. The molecule has 2 N–H and O–H groups in total. The van der Waals surface area contributed by atoms with Crippen molar-refractivity contribution < 1.29 is 10.2 Å². The summed E-state index contributed by atoms with van der Waals surface area (Å²) in [6.07, 6.45) is 0. The first kappa shape index (κ1) is 15.2. The summed E-state index contributed by atoms with van der Waals surface area (Å²) in [6.45, 7) is 4.35. The molecule has 2 heteroatoms. The maximum atomic E-state index is 9.54. The number of phenolic OH excluding ortho intramolecular Hbond substituents is 2. The lowest BCUT2D eigenvalue weighted by Gasteiger charge is -2.15. The van der Waals surface area contributed by atoms with Gasteiger partial charge in [0.15, 0.2) is 0 Å². The number of aromatic hydroxyl groups is 2. The van der Waals surface area contributed by atoms with E-state index in [1.165, 1.54) is 5.56 Å². The number of hydrogen-bond donors (Lipinski definition) is 2. The zero-order chi connectivity index (χ0) is 16.4. The Bertz CT molecular complexity index is 800. The normalized spacial score (nSPS) is 10.9. The molecule has 0 aliphatic carbocycles. The third kappa shape index (κ3) is 3.21. The highest BCUT2D eigenvalue weighted by atomic mass is 16.3. The van der Waals surface area contributed by atoms with Gasteiger partial charge in [0, 0.05) is 0 Å². The molecule has 0 amide bonds. The van der Waals surface area contributed by atoms with Gasteiger partial charge in [-0.3, -0.25) is 0 Å². The Morgan fingerprint density at radius 3 is 1.57 bits per heavy atom. The highest BCUT2D eigenvalue weighted by Crippen LogP contribution is 2.35. The van der Waals surface area contributed by atoms with E-state index in [4.69, 9.17) is 0 Å². The van der Waals surface area contributed by atoms with Crippen LogP contribution in [0.3, 0.4) is 0 Å². The predicted molar refractivity (Wildman–Crippen MR) is 94.7 cm³/mol. The SMILES string of the molecule is CC(C)c1ccc(-c2ccc(O)cc2)c(-c2ccc(O)cc2)c1. The van der Waals surface area contributed by atoms with Crippen LogP contribution in [0.5, 0.6) is 11.5 Å². The van der Waals surface area contributed by atoms with Crippen molar-refractivity contribution in [2.24, 2.45) is 0 Å². The van der Waals surface area contributed by atoms with E-state index in [0.717, 1.165) is 22.3 Å². The van der Waals surface area contributed by atoms with Gasteiger partial charge in [-0.05, 0) is 58.0 Å². The van der Waals surface area contributed by atoms with Gasteiger partial charge in [0.25, 0.3) is 0 Å². The van der Waals surface area contributed by atoms with Crippen molar-refractivity contribution in [3.05, 3.63) is 72.3 Å². The molecule has 3 aromatic rings. The van der Waals surface area contributed by atoms with Gasteiger partial charge in [-0.2, -0.15) is 0 Å². The van der Waals surface area contributed by atoms with Crippen LogP contribution in [0.15, 0.2) is 66.7 Å². The highest BCUT2D eigenvalue weighted by molar-refractivity contribution is 5.84. The van der Waals surface area contributed by atoms with Crippen molar-refractivity contribution >= 4 is 0 Å². The lowest BCUT2D eigenvalue weighted by molar-refractivity contribution is 0.475. The molecule has 2 nitrogen and oxygen atoms in total. The Balaban J connectivity index is 2.18. The first-order valence-electron chi connectivity index (χ1n) is 7.77. The lowest BCUT2D eigenvalue weighted by Crippen LogP contribution is -1.91. The van der Waals surface area contributed by atoms with Crippen LogP contribution in [-0.2, 0) is 0 Å². The molecule has 0 atom stereocenters. The van der Waals surface area contributed by atoms with Gasteiger partial charge in [-0.15, -0.1) is 0 Å². The first-order valence-corrected chi connectivity index (χ1v) is 7.77. The Kier molecular flexibility index (Phi) is 4.07. The molecule has 0 bridgehead atoms. The van der Waals surface area contributed by atoms with Crippen molar-refractivity contribution in [3.63, 3.8) is 0 Å². The van der Waals surface area contributed by atoms with Crippen LogP contribution < -0.4 is 0 Å². The molecular weight excluding hydrogens is 284 g/mol. The molecule has 0 heterocycles. The molecule has 0 spiro atoms. The molecule has 3 rings (SSSR count). The molecule has 0 aromatic heterocycles. The van der Waals surface area contributed by atoms with Crippen LogP contribution in [0.4, 0.5) is 0 Å². The Hall–Kier alpha value is -2.74. The molecule has 0 saturated heterocycles. The molecule has 0 fully saturated rings. The zero-order valence-corrected chi connectivity index (χ0v) is 13.3. The van der Waals surface area contributed by atoms with E-state index < -0.39 is 0 Å². The summed E-state index contributed by atoms with van der Waals surface area (Å²) in [4.78, 5) is 0. The van der Waals surface area contributed by atoms with Crippen LogP contribution in [0.25, 0.3) is 22.3 Å². The second kappa shape index (κ2) is 6.17. The Labute approximate surface area is 136 Å². The minimum atomic E-state index is 0.263. The number of rotatable bonds is 3. The van der Waals surface area contributed by atoms with Crippen LogP contribution in [0.2, 0.25) is 0 Å². The average Bonchev–Trinajstić information content (AvgIpc) is 2.56. The Morgan fingerprint density at radius 2 is 1.09 bits per heavy atom. The molecule has 0 radical (unpaired) electrons. The van der Waals surface area contributed by atoms with Crippen LogP contribution in [-0.4, -0.2) is 10.2 Å². The minimum absolute atomic E-state index is 0.263. The van der Waals surface area contributed by atoms with Gasteiger partial charge in [0.05, 0.1) is 0 Å². The van der Waals surface area contributed by atoms with Crippen molar-refractivity contribution in [1.29, 1.82) is 0 Å². The molecule has 23 heavy (non-hydrogen) atoms. The monoisotopic (exact) mass is 304 g/mol. The van der Waals surface area contributed by atoms with Crippen molar-refractivity contribution in [2.75, 3.05) is 0 Å². The van der Waals surface area contributed by atoms with Crippen LogP contribution in [0, 0.1) is 0 Å². The summed E-state index contributed by atoms with van der Waals surface area (Å²) >= 11 is 0. The van der Waals surface area contributed by atoms with Gasteiger partial charge in [0.1, 0.15) is 11.5 Å². The van der Waals surface area contributed by atoms with Gasteiger partial charge in [0.2, 0.25) is 0 Å². The van der Waals surface area contributed by atoms with E-state index in [-0.39, 0.29) is 11.5 Å². The maximum absolute atomic E-state index is 9.54. The van der Waals surface area contributed by atoms with E-state index in [1.807, 2.05) is 24.3 Å². The molecule has 0 aliphatic rings. The second-order valence-corrected chi connectivity index (χ2v) is 6.05.